The molecule has 35 heavy (non-hydrogen) atoms. The first-order valence-electron chi connectivity index (χ1n) is 12.2. The molecule has 0 saturated carbocycles. The van der Waals surface area contributed by atoms with Crippen LogP contribution in [0, 0.1) is 6.92 Å². The van der Waals surface area contributed by atoms with E-state index in [0.717, 1.165) is 46.2 Å². The summed E-state index contributed by atoms with van der Waals surface area (Å²) in [4.78, 5) is 2.56. The van der Waals surface area contributed by atoms with Crippen molar-refractivity contribution in [3.8, 4) is 28.4 Å². The summed E-state index contributed by atoms with van der Waals surface area (Å²) in [5.74, 6) is 1.82. The number of aromatic hydroxyl groups is 1. The van der Waals surface area contributed by atoms with E-state index < -0.39 is 0 Å². The molecule has 0 amide bonds. The molecule has 180 valence electrons. The zero-order valence-electron chi connectivity index (χ0n) is 21.1. The summed E-state index contributed by atoms with van der Waals surface area (Å²) in [6.45, 7) is 7.55. The van der Waals surface area contributed by atoms with Crippen LogP contribution >= 0.6 is 0 Å². The first-order chi connectivity index (χ1) is 16.9. The van der Waals surface area contributed by atoms with Crippen LogP contribution in [0.2, 0.25) is 0 Å². The van der Waals surface area contributed by atoms with Crippen molar-refractivity contribution in [3.63, 3.8) is 0 Å². The van der Waals surface area contributed by atoms with E-state index in [9.17, 15) is 5.11 Å². The standard InChI is InChI=1S/C31H33NO3/c1-19-13-26-25(11-12-27(33)31(26)28(14-19)34-4)23-16-24-15-20(2)32(18-22-9-7-6-8-10-22)21(3)30(24)29(17-23)35-5/h6-14,16-17,20-21,33H,15,18H2,1-5H3/t20-,21-/m1/s1. The molecule has 4 aromatic rings. The van der Waals surface area contributed by atoms with Gasteiger partial charge in [0.05, 0.1) is 19.6 Å². The Morgan fingerprint density at radius 3 is 2.37 bits per heavy atom. The summed E-state index contributed by atoms with van der Waals surface area (Å²) in [5.41, 5.74) is 7.16. The van der Waals surface area contributed by atoms with Crippen LogP contribution in [-0.2, 0) is 13.0 Å². The van der Waals surface area contributed by atoms with Gasteiger partial charge >= 0.3 is 0 Å². The molecule has 2 atom stereocenters. The average molecular weight is 468 g/mol. The summed E-state index contributed by atoms with van der Waals surface area (Å²) >= 11 is 0. The quantitative estimate of drug-likeness (QED) is 0.342. The van der Waals surface area contributed by atoms with Gasteiger partial charge < -0.3 is 14.6 Å². The maximum atomic E-state index is 10.6. The molecule has 1 N–H and O–H groups in total. The molecule has 1 aliphatic rings. The Morgan fingerprint density at radius 1 is 0.914 bits per heavy atom. The maximum Gasteiger partial charge on any atom is 0.130 e. The van der Waals surface area contributed by atoms with Crippen molar-refractivity contribution < 1.29 is 14.6 Å². The lowest BCUT2D eigenvalue weighted by Gasteiger charge is -2.41. The predicted molar refractivity (Wildman–Crippen MR) is 142 cm³/mol. The van der Waals surface area contributed by atoms with Crippen LogP contribution in [0.15, 0.2) is 66.7 Å². The van der Waals surface area contributed by atoms with Crippen LogP contribution in [0.1, 0.15) is 42.1 Å². The molecule has 1 aliphatic heterocycles. The molecule has 0 bridgehead atoms. The monoisotopic (exact) mass is 467 g/mol. The van der Waals surface area contributed by atoms with Crippen molar-refractivity contribution in [2.75, 3.05) is 14.2 Å². The minimum absolute atomic E-state index is 0.226. The van der Waals surface area contributed by atoms with Crippen molar-refractivity contribution in [1.82, 2.24) is 4.90 Å². The van der Waals surface area contributed by atoms with Gasteiger partial charge in [-0.05, 0) is 78.6 Å². The highest BCUT2D eigenvalue weighted by atomic mass is 16.5. The van der Waals surface area contributed by atoms with Gasteiger partial charge in [-0.15, -0.1) is 0 Å². The number of nitrogens with zero attached hydrogens (tertiary/aromatic N) is 1. The average Bonchev–Trinajstić information content (AvgIpc) is 2.86. The van der Waals surface area contributed by atoms with Crippen LogP contribution in [0.5, 0.6) is 17.2 Å². The van der Waals surface area contributed by atoms with E-state index in [1.54, 1.807) is 20.3 Å². The van der Waals surface area contributed by atoms with Gasteiger partial charge in [-0.2, -0.15) is 0 Å². The summed E-state index contributed by atoms with van der Waals surface area (Å²) < 4.78 is 11.6. The molecule has 0 fully saturated rings. The summed E-state index contributed by atoms with van der Waals surface area (Å²) in [6, 6.07) is 23.6. The Hall–Kier alpha value is -3.50. The highest BCUT2D eigenvalue weighted by Gasteiger charge is 2.32. The second kappa shape index (κ2) is 9.27. The lowest BCUT2D eigenvalue weighted by molar-refractivity contribution is 0.126. The molecular formula is C31H33NO3. The zero-order valence-corrected chi connectivity index (χ0v) is 21.1. The molecule has 5 rings (SSSR count). The van der Waals surface area contributed by atoms with Crippen LogP contribution < -0.4 is 9.47 Å². The van der Waals surface area contributed by atoms with E-state index >= 15 is 0 Å². The van der Waals surface area contributed by atoms with E-state index in [-0.39, 0.29) is 11.8 Å². The largest absolute Gasteiger partial charge is 0.507 e. The molecule has 4 heteroatoms. The minimum Gasteiger partial charge on any atom is -0.507 e. The van der Waals surface area contributed by atoms with Gasteiger partial charge in [-0.25, -0.2) is 0 Å². The van der Waals surface area contributed by atoms with Crippen molar-refractivity contribution in [1.29, 1.82) is 0 Å². The van der Waals surface area contributed by atoms with Crippen LogP contribution in [0.4, 0.5) is 0 Å². The van der Waals surface area contributed by atoms with Gasteiger partial charge in [-0.1, -0.05) is 48.5 Å². The van der Waals surface area contributed by atoms with Gasteiger partial charge in [0.1, 0.15) is 17.2 Å². The number of hydrogen-bond donors (Lipinski definition) is 1. The van der Waals surface area contributed by atoms with Crippen molar-refractivity contribution in [3.05, 3.63) is 89.0 Å². The Balaban J connectivity index is 1.63. The summed E-state index contributed by atoms with van der Waals surface area (Å²) in [5, 5.41) is 12.4. The van der Waals surface area contributed by atoms with E-state index in [0.29, 0.717) is 11.8 Å². The predicted octanol–water partition coefficient (Wildman–Crippen LogP) is 7.05. The van der Waals surface area contributed by atoms with Gasteiger partial charge in [0.25, 0.3) is 0 Å². The fourth-order valence-electron chi connectivity index (χ4n) is 5.70. The molecule has 0 saturated heterocycles. The van der Waals surface area contributed by atoms with Crippen molar-refractivity contribution in [2.24, 2.45) is 0 Å². The minimum atomic E-state index is 0.226. The maximum absolute atomic E-state index is 10.6. The third-order valence-electron chi connectivity index (χ3n) is 7.38. The van der Waals surface area contributed by atoms with E-state index in [1.165, 1.54) is 16.7 Å². The Bertz CT molecular complexity index is 1380. The van der Waals surface area contributed by atoms with Crippen LogP contribution in [-0.4, -0.2) is 30.3 Å². The number of aryl methyl sites for hydroxylation is 1. The molecule has 1 heterocycles. The highest BCUT2D eigenvalue weighted by molar-refractivity contribution is 6.04. The number of hydrogen-bond acceptors (Lipinski definition) is 4. The topological polar surface area (TPSA) is 41.9 Å². The zero-order chi connectivity index (χ0) is 24.7. The number of methoxy groups -OCH3 is 2. The van der Waals surface area contributed by atoms with Crippen molar-refractivity contribution in [2.45, 2.75) is 45.8 Å². The molecule has 0 unspecified atom stereocenters. The van der Waals surface area contributed by atoms with Crippen LogP contribution in [0.3, 0.4) is 0 Å². The van der Waals surface area contributed by atoms with Crippen molar-refractivity contribution >= 4 is 10.8 Å². The van der Waals surface area contributed by atoms with Gasteiger partial charge in [0.15, 0.2) is 0 Å². The van der Waals surface area contributed by atoms with E-state index in [4.69, 9.17) is 9.47 Å². The number of phenols is 1. The second-order valence-electron chi connectivity index (χ2n) is 9.66. The van der Waals surface area contributed by atoms with Gasteiger partial charge in [0, 0.05) is 24.2 Å². The molecule has 4 nitrogen and oxygen atoms in total. The summed E-state index contributed by atoms with van der Waals surface area (Å²) in [7, 11) is 3.40. The lowest BCUT2D eigenvalue weighted by Crippen LogP contribution is -2.40. The Morgan fingerprint density at radius 2 is 1.66 bits per heavy atom. The second-order valence-corrected chi connectivity index (χ2v) is 9.66. The fourth-order valence-corrected chi connectivity index (χ4v) is 5.70. The number of ether oxygens (including phenoxy) is 2. The fraction of sp³-hybridized carbons (Fsp3) is 0.290. The normalized spacial score (nSPS) is 17.9. The van der Waals surface area contributed by atoms with Gasteiger partial charge in [-0.3, -0.25) is 4.90 Å². The SMILES string of the molecule is COc1cc(-c2ccc(O)c3c(OC)cc(C)cc23)cc2c1[C@@H](C)N(Cc1ccccc1)[C@H](C)C2. The number of benzene rings is 4. The third kappa shape index (κ3) is 4.12. The molecular weight excluding hydrogens is 434 g/mol. The molecule has 0 radical (unpaired) electrons. The molecule has 0 aliphatic carbocycles. The highest BCUT2D eigenvalue weighted by Crippen LogP contribution is 2.45. The first-order valence-corrected chi connectivity index (χ1v) is 12.2. The van der Waals surface area contributed by atoms with Gasteiger partial charge in [0.2, 0.25) is 0 Å². The third-order valence-corrected chi connectivity index (χ3v) is 7.38. The van der Waals surface area contributed by atoms with Crippen LogP contribution in [0.25, 0.3) is 21.9 Å². The van der Waals surface area contributed by atoms with E-state index in [1.807, 2.05) is 19.1 Å². The number of phenolic OH excluding ortho intramolecular Hbond substituents is 1. The first kappa shape index (κ1) is 23.3. The van der Waals surface area contributed by atoms with E-state index in [2.05, 4.69) is 67.3 Å². The Labute approximate surface area is 207 Å². The smallest absolute Gasteiger partial charge is 0.130 e. The molecule has 0 aromatic heterocycles. The molecule has 4 aromatic carbocycles. The molecule has 0 spiro atoms. The summed E-state index contributed by atoms with van der Waals surface area (Å²) in [6.07, 6.45) is 0.953. The number of rotatable bonds is 5. The lowest BCUT2D eigenvalue weighted by atomic mass is 9.85. The Kier molecular flexibility index (Phi) is 6.16. The number of fused-ring (bicyclic) bond motifs is 2.